The average molecular weight is 231 g/mol. The van der Waals surface area contributed by atoms with Crippen LogP contribution in [-0.4, -0.2) is 19.9 Å². The lowest BCUT2D eigenvalue weighted by Gasteiger charge is -2.07. The van der Waals surface area contributed by atoms with Gasteiger partial charge in [0.15, 0.2) is 11.6 Å². The van der Waals surface area contributed by atoms with Gasteiger partial charge in [-0.05, 0) is 38.0 Å². The number of hydrogen-bond acceptors (Lipinski definition) is 3. The van der Waals surface area contributed by atoms with Crippen LogP contribution in [0.15, 0.2) is 18.2 Å². The van der Waals surface area contributed by atoms with Crippen molar-refractivity contribution in [3.05, 3.63) is 35.2 Å². The third-order valence-electron chi connectivity index (χ3n) is 3.05. The molecule has 0 aliphatic rings. The van der Waals surface area contributed by atoms with Crippen molar-refractivity contribution in [2.24, 2.45) is 0 Å². The third-order valence-corrected chi connectivity index (χ3v) is 3.05. The average Bonchev–Trinajstić information content (AvgIpc) is 2.75. The molecule has 4 nitrogen and oxygen atoms in total. The summed E-state index contributed by atoms with van der Waals surface area (Å²) in [7, 11) is 0. The van der Waals surface area contributed by atoms with Gasteiger partial charge in [0.25, 0.3) is 0 Å². The highest BCUT2D eigenvalue weighted by molar-refractivity contribution is 5.57. The van der Waals surface area contributed by atoms with Gasteiger partial charge in [0.1, 0.15) is 6.61 Å². The number of aromatic nitrogens is 3. The molecule has 17 heavy (non-hydrogen) atoms. The topological polar surface area (TPSA) is 50.9 Å². The van der Waals surface area contributed by atoms with E-state index < -0.39 is 0 Å². The molecular formula is C13H17N3O. The molecule has 2 aromatic rings. The Morgan fingerprint density at radius 2 is 1.94 bits per heavy atom. The van der Waals surface area contributed by atoms with Crippen molar-refractivity contribution in [1.82, 2.24) is 14.8 Å². The van der Waals surface area contributed by atoms with Crippen molar-refractivity contribution in [2.45, 2.75) is 33.9 Å². The SMILES string of the molecule is CCn1c(CO)nnc1-c1ccc(C)c(C)c1. The van der Waals surface area contributed by atoms with Gasteiger partial charge < -0.3 is 9.67 Å². The monoisotopic (exact) mass is 231 g/mol. The van der Waals surface area contributed by atoms with Crippen LogP contribution in [0, 0.1) is 13.8 Å². The van der Waals surface area contributed by atoms with E-state index in [2.05, 4.69) is 36.2 Å². The van der Waals surface area contributed by atoms with Crippen molar-refractivity contribution in [2.75, 3.05) is 0 Å². The van der Waals surface area contributed by atoms with Crippen LogP contribution in [-0.2, 0) is 13.2 Å². The van der Waals surface area contributed by atoms with Gasteiger partial charge in [-0.3, -0.25) is 0 Å². The first-order valence-corrected chi connectivity index (χ1v) is 5.78. The van der Waals surface area contributed by atoms with Crippen LogP contribution in [0.5, 0.6) is 0 Å². The molecule has 4 heteroatoms. The second-order valence-corrected chi connectivity index (χ2v) is 4.14. The predicted molar refractivity (Wildman–Crippen MR) is 66.5 cm³/mol. The van der Waals surface area contributed by atoms with Gasteiger partial charge in [-0.2, -0.15) is 0 Å². The fraction of sp³-hybridized carbons (Fsp3) is 0.385. The zero-order chi connectivity index (χ0) is 12.4. The molecule has 1 N–H and O–H groups in total. The lowest BCUT2D eigenvalue weighted by Crippen LogP contribution is -2.03. The molecule has 1 heterocycles. The summed E-state index contributed by atoms with van der Waals surface area (Å²) in [6.45, 7) is 6.87. The number of aliphatic hydroxyl groups is 1. The highest BCUT2D eigenvalue weighted by Gasteiger charge is 2.11. The van der Waals surface area contributed by atoms with Crippen LogP contribution >= 0.6 is 0 Å². The molecule has 0 saturated carbocycles. The van der Waals surface area contributed by atoms with Crippen LogP contribution in [0.25, 0.3) is 11.4 Å². The molecule has 0 amide bonds. The minimum absolute atomic E-state index is 0.0777. The number of rotatable bonds is 3. The molecule has 0 aliphatic carbocycles. The zero-order valence-corrected chi connectivity index (χ0v) is 10.4. The van der Waals surface area contributed by atoms with Crippen LogP contribution in [0.2, 0.25) is 0 Å². The second-order valence-electron chi connectivity index (χ2n) is 4.14. The zero-order valence-electron chi connectivity index (χ0n) is 10.4. The van der Waals surface area contributed by atoms with Crippen molar-refractivity contribution in [1.29, 1.82) is 0 Å². The van der Waals surface area contributed by atoms with Crippen molar-refractivity contribution in [3.8, 4) is 11.4 Å². The van der Waals surface area contributed by atoms with E-state index in [9.17, 15) is 5.11 Å². The molecular weight excluding hydrogens is 214 g/mol. The van der Waals surface area contributed by atoms with E-state index in [1.165, 1.54) is 11.1 Å². The Hall–Kier alpha value is -1.68. The molecule has 1 aromatic carbocycles. The van der Waals surface area contributed by atoms with Gasteiger partial charge in [0.05, 0.1) is 0 Å². The minimum atomic E-state index is -0.0777. The summed E-state index contributed by atoms with van der Waals surface area (Å²) in [6, 6.07) is 6.23. The van der Waals surface area contributed by atoms with Gasteiger partial charge in [-0.15, -0.1) is 10.2 Å². The van der Waals surface area contributed by atoms with E-state index in [0.717, 1.165) is 17.9 Å². The van der Waals surface area contributed by atoms with Crippen molar-refractivity contribution < 1.29 is 5.11 Å². The van der Waals surface area contributed by atoms with Gasteiger partial charge in [0.2, 0.25) is 0 Å². The van der Waals surface area contributed by atoms with E-state index in [4.69, 9.17) is 0 Å². The summed E-state index contributed by atoms with van der Waals surface area (Å²) < 4.78 is 1.93. The Bertz CT molecular complexity index is 531. The number of aliphatic hydroxyl groups excluding tert-OH is 1. The molecule has 0 spiro atoms. The molecule has 0 aliphatic heterocycles. The van der Waals surface area contributed by atoms with Gasteiger partial charge >= 0.3 is 0 Å². The van der Waals surface area contributed by atoms with Crippen molar-refractivity contribution in [3.63, 3.8) is 0 Å². The maximum atomic E-state index is 9.19. The number of aryl methyl sites for hydroxylation is 2. The molecule has 0 unspecified atom stereocenters. The highest BCUT2D eigenvalue weighted by Crippen LogP contribution is 2.21. The Kier molecular flexibility index (Phi) is 3.24. The summed E-state index contributed by atoms with van der Waals surface area (Å²) in [5, 5.41) is 17.3. The number of benzene rings is 1. The summed E-state index contributed by atoms with van der Waals surface area (Å²) in [4.78, 5) is 0. The molecule has 0 bridgehead atoms. The lowest BCUT2D eigenvalue weighted by atomic mass is 10.1. The molecule has 0 saturated heterocycles. The summed E-state index contributed by atoms with van der Waals surface area (Å²) in [6.07, 6.45) is 0. The van der Waals surface area contributed by atoms with Crippen molar-refractivity contribution >= 4 is 0 Å². The molecule has 0 atom stereocenters. The van der Waals surface area contributed by atoms with E-state index in [1.807, 2.05) is 17.6 Å². The van der Waals surface area contributed by atoms with E-state index in [0.29, 0.717) is 5.82 Å². The number of hydrogen-bond donors (Lipinski definition) is 1. The Morgan fingerprint density at radius 1 is 1.18 bits per heavy atom. The first kappa shape index (κ1) is 11.8. The van der Waals surface area contributed by atoms with E-state index in [-0.39, 0.29) is 6.61 Å². The lowest BCUT2D eigenvalue weighted by molar-refractivity contribution is 0.265. The van der Waals surface area contributed by atoms with Gasteiger partial charge in [-0.25, -0.2) is 0 Å². The fourth-order valence-corrected chi connectivity index (χ4v) is 1.88. The molecule has 0 fully saturated rings. The van der Waals surface area contributed by atoms with E-state index >= 15 is 0 Å². The van der Waals surface area contributed by atoms with Gasteiger partial charge in [-0.1, -0.05) is 12.1 Å². The van der Waals surface area contributed by atoms with Crippen LogP contribution in [0.3, 0.4) is 0 Å². The molecule has 2 rings (SSSR count). The molecule has 0 radical (unpaired) electrons. The largest absolute Gasteiger partial charge is 0.388 e. The second kappa shape index (κ2) is 4.67. The fourth-order valence-electron chi connectivity index (χ4n) is 1.88. The Labute approximate surface area is 101 Å². The van der Waals surface area contributed by atoms with E-state index in [1.54, 1.807) is 0 Å². The summed E-state index contributed by atoms with van der Waals surface area (Å²) in [5.41, 5.74) is 3.54. The first-order valence-electron chi connectivity index (χ1n) is 5.78. The summed E-state index contributed by atoms with van der Waals surface area (Å²) in [5.74, 6) is 1.43. The Morgan fingerprint density at radius 3 is 2.53 bits per heavy atom. The maximum Gasteiger partial charge on any atom is 0.164 e. The smallest absolute Gasteiger partial charge is 0.164 e. The number of nitrogens with zero attached hydrogens (tertiary/aromatic N) is 3. The predicted octanol–water partition coefficient (Wildman–Crippen LogP) is 2.07. The van der Waals surface area contributed by atoms with Gasteiger partial charge in [0, 0.05) is 12.1 Å². The van der Waals surface area contributed by atoms with Crippen LogP contribution in [0.1, 0.15) is 23.9 Å². The minimum Gasteiger partial charge on any atom is -0.388 e. The quantitative estimate of drug-likeness (QED) is 0.879. The standard InChI is InChI=1S/C13H17N3O/c1-4-16-12(8-17)14-15-13(16)11-6-5-9(2)10(3)7-11/h5-7,17H,4,8H2,1-3H3. The third kappa shape index (κ3) is 2.08. The summed E-state index contributed by atoms with van der Waals surface area (Å²) >= 11 is 0. The Balaban J connectivity index is 2.52. The molecule has 1 aromatic heterocycles. The van der Waals surface area contributed by atoms with Crippen LogP contribution in [0.4, 0.5) is 0 Å². The maximum absolute atomic E-state index is 9.19. The molecule has 90 valence electrons. The normalized spacial score (nSPS) is 10.8. The highest BCUT2D eigenvalue weighted by atomic mass is 16.3. The van der Waals surface area contributed by atoms with Crippen LogP contribution < -0.4 is 0 Å². The first-order chi connectivity index (χ1) is 8.17.